The summed E-state index contributed by atoms with van der Waals surface area (Å²) in [6, 6.07) is 4.94. The summed E-state index contributed by atoms with van der Waals surface area (Å²) in [5.74, 6) is -3.10. The second kappa shape index (κ2) is 6.74. The van der Waals surface area contributed by atoms with Gasteiger partial charge in [0.05, 0.1) is 15.8 Å². The lowest BCUT2D eigenvalue weighted by molar-refractivity contribution is 0.340. The molecule has 0 atom stereocenters. The summed E-state index contributed by atoms with van der Waals surface area (Å²) >= 11 is 3.15. The molecule has 0 amide bonds. The van der Waals surface area contributed by atoms with Crippen molar-refractivity contribution in [1.29, 1.82) is 0 Å². The highest BCUT2D eigenvalue weighted by Crippen LogP contribution is 2.36. The largest absolute Gasteiger partial charge is 0.485 e. The quantitative estimate of drug-likeness (QED) is 0.587. The minimum atomic E-state index is -1.18. The van der Waals surface area contributed by atoms with Crippen LogP contribution in [0.1, 0.15) is 0 Å². The molecule has 0 fully saturated rings. The van der Waals surface area contributed by atoms with Crippen molar-refractivity contribution < 1.29 is 17.9 Å². The number of hydrogen-bond donors (Lipinski definition) is 2. The van der Waals surface area contributed by atoms with Gasteiger partial charge in [-0.3, -0.25) is 0 Å². The van der Waals surface area contributed by atoms with Gasteiger partial charge in [0.2, 0.25) is 0 Å². The molecule has 0 saturated heterocycles. The van der Waals surface area contributed by atoms with E-state index in [9.17, 15) is 13.2 Å². The van der Waals surface area contributed by atoms with Crippen LogP contribution in [0.4, 0.5) is 30.2 Å². The molecule has 7 heteroatoms. The highest BCUT2D eigenvalue weighted by atomic mass is 79.9. The van der Waals surface area contributed by atoms with Gasteiger partial charge in [0.15, 0.2) is 23.2 Å². The molecule has 0 aliphatic carbocycles. The van der Waals surface area contributed by atoms with Crippen LogP contribution in [0.25, 0.3) is 0 Å². The van der Waals surface area contributed by atoms with Crippen LogP contribution in [0.2, 0.25) is 0 Å². The number of benzene rings is 2. The van der Waals surface area contributed by atoms with E-state index < -0.39 is 17.5 Å². The van der Waals surface area contributed by atoms with Crippen LogP contribution >= 0.6 is 15.9 Å². The third kappa shape index (κ3) is 3.19. The topological polar surface area (TPSA) is 47.3 Å². The molecule has 0 saturated carbocycles. The first-order chi connectivity index (χ1) is 10.5. The molecule has 22 heavy (non-hydrogen) atoms. The van der Waals surface area contributed by atoms with Crippen molar-refractivity contribution in [2.75, 3.05) is 17.7 Å². The summed E-state index contributed by atoms with van der Waals surface area (Å²) in [5, 5.41) is 2.45. The first-order valence-electron chi connectivity index (χ1n) is 6.18. The molecule has 0 aliphatic heterocycles. The van der Waals surface area contributed by atoms with Crippen molar-refractivity contribution in [3.05, 3.63) is 58.8 Å². The van der Waals surface area contributed by atoms with Crippen LogP contribution in [0.15, 0.2) is 41.4 Å². The predicted octanol–water partition coefficient (Wildman–Crippen LogP) is 4.76. The third-order valence-corrected chi connectivity index (χ3v) is 3.41. The van der Waals surface area contributed by atoms with Gasteiger partial charge < -0.3 is 15.8 Å². The van der Waals surface area contributed by atoms with Gasteiger partial charge in [-0.25, -0.2) is 13.2 Å². The van der Waals surface area contributed by atoms with Crippen molar-refractivity contribution in [3.8, 4) is 5.75 Å². The lowest BCUT2D eigenvalue weighted by atomic mass is 10.2. The van der Waals surface area contributed by atoms with E-state index in [0.717, 1.165) is 6.07 Å². The fourth-order valence-corrected chi connectivity index (χ4v) is 2.15. The smallest absolute Gasteiger partial charge is 0.189 e. The summed E-state index contributed by atoms with van der Waals surface area (Å²) in [6.45, 7) is 3.56. The van der Waals surface area contributed by atoms with Crippen molar-refractivity contribution in [1.82, 2.24) is 0 Å². The number of anilines is 3. The maximum Gasteiger partial charge on any atom is 0.189 e. The molecule has 3 N–H and O–H groups in total. The second-order valence-electron chi connectivity index (χ2n) is 4.29. The Hall–Kier alpha value is -2.15. The Balaban J connectivity index is 2.43. The lowest BCUT2D eigenvalue weighted by Gasteiger charge is -2.14. The molecular weight excluding hydrogens is 361 g/mol. The van der Waals surface area contributed by atoms with E-state index in [4.69, 9.17) is 10.5 Å². The normalized spacial score (nSPS) is 10.4. The van der Waals surface area contributed by atoms with Gasteiger partial charge in [-0.05, 0) is 40.2 Å². The highest BCUT2D eigenvalue weighted by Gasteiger charge is 2.17. The molecule has 116 valence electrons. The second-order valence-corrected chi connectivity index (χ2v) is 5.14. The molecule has 2 aromatic rings. The van der Waals surface area contributed by atoms with Gasteiger partial charge in [-0.15, -0.1) is 0 Å². The van der Waals surface area contributed by atoms with Gasteiger partial charge in [0.25, 0.3) is 0 Å². The fraction of sp³-hybridized carbons (Fsp3) is 0.0667. The Morgan fingerprint density at radius 2 is 1.91 bits per heavy atom. The molecule has 2 aromatic carbocycles. The lowest BCUT2D eigenvalue weighted by Crippen LogP contribution is -2.04. The zero-order valence-corrected chi connectivity index (χ0v) is 12.9. The van der Waals surface area contributed by atoms with Crippen molar-refractivity contribution in [2.24, 2.45) is 0 Å². The average Bonchev–Trinajstić information content (AvgIpc) is 2.49. The number of nitrogens with one attached hydrogen (secondary N) is 1. The van der Waals surface area contributed by atoms with Crippen molar-refractivity contribution in [3.63, 3.8) is 0 Å². The number of rotatable bonds is 5. The highest BCUT2D eigenvalue weighted by molar-refractivity contribution is 9.10. The summed E-state index contributed by atoms with van der Waals surface area (Å²) in [6.07, 6.45) is 1.45. The minimum absolute atomic E-state index is 0.0465. The first-order valence-corrected chi connectivity index (χ1v) is 6.97. The minimum Gasteiger partial charge on any atom is -0.485 e. The Kier molecular flexibility index (Phi) is 4.97. The number of ether oxygens (including phenoxy) is 1. The predicted molar refractivity (Wildman–Crippen MR) is 83.8 cm³/mol. The van der Waals surface area contributed by atoms with E-state index >= 15 is 0 Å². The van der Waals surface area contributed by atoms with Crippen LogP contribution < -0.4 is 15.8 Å². The first kappa shape index (κ1) is 16.2. The monoisotopic (exact) mass is 372 g/mol. The Morgan fingerprint density at radius 3 is 2.59 bits per heavy atom. The van der Waals surface area contributed by atoms with E-state index in [0.29, 0.717) is 4.47 Å². The van der Waals surface area contributed by atoms with Gasteiger partial charge in [0.1, 0.15) is 12.3 Å². The average molecular weight is 373 g/mol. The van der Waals surface area contributed by atoms with Crippen LogP contribution in [0, 0.1) is 17.5 Å². The van der Waals surface area contributed by atoms with Crippen LogP contribution in [0.5, 0.6) is 5.75 Å². The third-order valence-electron chi connectivity index (χ3n) is 2.78. The molecule has 2 rings (SSSR count). The maximum atomic E-state index is 14.4. The van der Waals surface area contributed by atoms with E-state index in [1.54, 1.807) is 0 Å². The number of halogens is 4. The molecule has 0 heterocycles. The maximum absolute atomic E-state index is 14.4. The Bertz CT molecular complexity index is 722. The zero-order valence-electron chi connectivity index (χ0n) is 11.3. The molecule has 0 radical (unpaired) electrons. The molecular formula is C15H12BrF3N2O. The number of nitrogen functional groups attached to an aromatic ring is 1. The molecule has 3 nitrogen and oxygen atoms in total. The summed E-state index contributed by atoms with van der Waals surface area (Å²) < 4.78 is 47.0. The van der Waals surface area contributed by atoms with Crippen LogP contribution in [0.3, 0.4) is 0 Å². The summed E-state index contributed by atoms with van der Waals surface area (Å²) in [7, 11) is 0. The molecule has 0 unspecified atom stereocenters. The van der Waals surface area contributed by atoms with E-state index in [1.807, 2.05) is 0 Å². The molecule has 0 aliphatic rings. The number of nitrogens with two attached hydrogens (primary N) is 1. The van der Waals surface area contributed by atoms with E-state index in [2.05, 4.69) is 27.8 Å². The SMILES string of the molecule is C=CCOc1c(Br)ccc(Nc2c(N)ccc(F)c2F)c1F. The van der Waals surface area contributed by atoms with E-state index in [1.165, 1.54) is 24.3 Å². The molecule has 0 aromatic heterocycles. The summed E-state index contributed by atoms with van der Waals surface area (Å²) in [5.41, 5.74) is 5.11. The number of hydrogen-bond acceptors (Lipinski definition) is 3. The van der Waals surface area contributed by atoms with Gasteiger partial charge in [-0.2, -0.15) is 0 Å². The Labute approximate surface area is 133 Å². The van der Waals surface area contributed by atoms with Gasteiger partial charge in [0, 0.05) is 0 Å². The van der Waals surface area contributed by atoms with Crippen molar-refractivity contribution in [2.45, 2.75) is 0 Å². The van der Waals surface area contributed by atoms with Crippen LogP contribution in [-0.2, 0) is 0 Å². The fourth-order valence-electron chi connectivity index (χ4n) is 1.73. The zero-order chi connectivity index (χ0) is 16.3. The molecule has 0 spiro atoms. The Morgan fingerprint density at radius 1 is 1.18 bits per heavy atom. The van der Waals surface area contributed by atoms with Gasteiger partial charge >= 0.3 is 0 Å². The van der Waals surface area contributed by atoms with Crippen molar-refractivity contribution >= 4 is 33.0 Å². The standard InChI is InChI=1S/C15H12BrF3N2O/c1-2-7-22-15-8(16)3-6-11(13(15)19)21-14-10(20)5-4-9(17)12(14)18/h2-6,21H,1,7,20H2. The van der Waals surface area contributed by atoms with Crippen LogP contribution in [-0.4, -0.2) is 6.61 Å². The molecule has 0 bridgehead atoms. The summed E-state index contributed by atoms with van der Waals surface area (Å²) in [4.78, 5) is 0. The van der Waals surface area contributed by atoms with Gasteiger partial charge in [-0.1, -0.05) is 12.7 Å². The van der Waals surface area contributed by atoms with E-state index in [-0.39, 0.29) is 29.4 Å².